The Balaban J connectivity index is 2.13. The highest BCUT2D eigenvalue weighted by atomic mass is 32.1. The van der Waals surface area contributed by atoms with Gasteiger partial charge in [0, 0.05) is 18.2 Å². The molecule has 110 valence electrons. The van der Waals surface area contributed by atoms with E-state index in [-0.39, 0.29) is 10.7 Å². The maximum atomic E-state index is 12.1. The first-order valence-electron chi connectivity index (χ1n) is 6.19. The molecule has 2 aromatic rings. The van der Waals surface area contributed by atoms with Crippen molar-refractivity contribution in [1.29, 1.82) is 0 Å². The van der Waals surface area contributed by atoms with Gasteiger partial charge < -0.3 is 15.2 Å². The van der Waals surface area contributed by atoms with Gasteiger partial charge in [-0.05, 0) is 18.1 Å². The Labute approximate surface area is 125 Å². The van der Waals surface area contributed by atoms with E-state index in [4.69, 9.17) is 9.84 Å². The molecule has 6 nitrogen and oxygen atoms in total. The first-order chi connectivity index (χ1) is 10.1. The number of hydrogen-bond donors (Lipinski definition) is 2. The molecule has 0 aliphatic heterocycles. The number of carboxylic acids is 1. The number of nitrogens with zero attached hydrogens (tertiary/aromatic N) is 1. The standard InChI is InChI=1S/C14H14N2O4S/c1-20-7-6-9-4-2-3-5-10(9)15-12(17)13-16-11(8-21-13)14(18)19/h2-5,8H,6-7H2,1H3,(H,15,17)(H,18,19). The monoisotopic (exact) mass is 306 g/mol. The molecule has 2 N–H and O–H groups in total. The van der Waals surface area contributed by atoms with Crippen LogP contribution < -0.4 is 5.32 Å². The number of para-hydroxylation sites is 1. The van der Waals surface area contributed by atoms with Gasteiger partial charge in [-0.2, -0.15) is 0 Å². The van der Waals surface area contributed by atoms with Gasteiger partial charge in [0.1, 0.15) is 0 Å². The smallest absolute Gasteiger partial charge is 0.355 e. The number of carboxylic acid groups (broad SMARTS) is 1. The van der Waals surface area contributed by atoms with Gasteiger partial charge in [-0.25, -0.2) is 9.78 Å². The molecule has 0 atom stereocenters. The molecule has 0 saturated carbocycles. The number of carbonyl (C=O) groups is 2. The fraction of sp³-hybridized carbons (Fsp3) is 0.214. The molecule has 0 unspecified atom stereocenters. The summed E-state index contributed by atoms with van der Waals surface area (Å²) in [6, 6.07) is 7.39. The van der Waals surface area contributed by atoms with Crippen LogP contribution in [0.15, 0.2) is 29.6 Å². The van der Waals surface area contributed by atoms with Crippen LogP contribution in [-0.4, -0.2) is 35.7 Å². The number of methoxy groups -OCH3 is 1. The lowest BCUT2D eigenvalue weighted by atomic mass is 10.1. The van der Waals surface area contributed by atoms with Crippen LogP contribution in [0.1, 0.15) is 25.9 Å². The zero-order valence-corrected chi connectivity index (χ0v) is 12.1. The number of amides is 1. The summed E-state index contributed by atoms with van der Waals surface area (Å²) < 4.78 is 5.03. The van der Waals surface area contributed by atoms with Crippen molar-refractivity contribution in [1.82, 2.24) is 4.98 Å². The zero-order chi connectivity index (χ0) is 15.2. The maximum Gasteiger partial charge on any atom is 0.355 e. The van der Waals surface area contributed by atoms with Gasteiger partial charge in [-0.15, -0.1) is 11.3 Å². The minimum absolute atomic E-state index is 0.119. The SMILES string of the molecule is COCCc1ccccc1NC(=O)c1nc(C(=O)O)cs1. The van der Waals surface area contributed by atoms with Crippen LogP contribution in [0.2, 0.25) is 0 Å². The molecule has 2 rings (SSSR count). The van der Waals surface area contributed by atoms with Gasteiger partial charge in [-0.1, -0.05) is 18.2 Å². The summed E-state index contributed by atoms with van der Waals surface area (Å²) in [6.45, 7) is 0.549. The van der Waals surface area contributed by atoms with Crippen molar-refractivity contribution in [2.75, 3.05) is 19.0 Å². The molecule has 1 aromatic carbocycles. The molecule has 0 aliphatic rings. The van der Waals surface area contributed by atoms with Crippen molar-refractivity contribution >= 4 is 28.9 Å². The first-order valence-corrected chi connectivity index (χ1v) is 7.07. The molecular weight excluding hydrogens is 292 g/mol. The highest BCUT2D eigenvalue weighted by Crippen LogP contribution is 2.18. The predicted molar refractivity (Wildman–Crippen MR) is 79.0 cm³/mol. The Kier molecular flexibility index (Phi) is 5.02. The molecule has 0 fully saturated rings. The molecule has 1 amide bonds. The largest absolute Gasteiger partial charge is 0.476 e. The van der Waals surface area contributed by atoms with E-state index >= 15 is 0 Å². The second-order valence-corrected chi connectivity index (χ2v) is 5.06. The molecule has 1 aromatic heterocycles. The lowest BCUT2D eigenvalue weighted by molar-refractivity contribution is 0.0691. The third-order valence-corrected chi connectivity index (χ3v) is 3.60. The number of ether oxygens (including phenoxy) is 1. The predicted octanol–water partition coefficient (Wildman–Crippen LogP) is 2.28. The van der Waals surface area contributed by atoms with E-state index in [0.717, 1.165) is 16.9 Å². The summed E-state index contributed by atoms with van der Waals surface area (Å²) in [4.78, 5) is 26.6. The fourth-order valence-electron chi connectivity index (χ4n) is 1.72. The third-order valence-electron chi connectivity index (χ3n) is 2.76. The van der Waals surface area contributed by atoms with Crippen LogP contribution in [0.3, 0.4) is 0 Å². The number of aromatic carboxylic acids is 1. The Hall–Kier alpha value is -2.25. The van der Waals surface area contributed by atoms with Gasteiger partial charge >= 0.3 is 5.97 Å². The van der Waals surface area contributed by atoms with Gasteiger partial charge in [0.15, 0.2) is 10.7 Å². The van der Waals surface area contributed by atoms with Gasteiger partial charge in [-0.3, -0.25) is 4.79 Å². The number of carbonyl (C=O) groups excluding carboxylic acids is 1. The molecule has 0 aliphatic carbocycles. The minimum atomic E-state index is -1.15. The fourth-order valence-corrected chi connectivity index (χ4v) is 2.41. The van der Waals surface area contributed by atoms with E-state index < -0.39 is 11.9 Å². The Morgan fingerprint density at radius 2 is 2.14 bits per heavy atom. The summed E-state index contributed by atoms with van der Waals surface area (Å²) in [6.07, 6.45) is 0.672. The maximum absolute atomic E-state index is 12.1. The van der Waals surface area contributed by atoms with Crippen LogP contribution in [0.5, 0.6) is 0 Å². The number of hydrogen-bond acceptors (Lipinski definition) is 5. The van der Waals surface area contributed by atoms with Crippen molar-refractivity contribution < 1.29 is 19.4 Å². The molecule has 21 heavy (non-hydrogen) atoms. The average molecular weight is 306 g/mol. The number of nitrogens with one attached hydrogen (secondary N) is 1. The highest BCUT2D eigenvalue weighted by Gasteiger charge is 2.15. The van der Waals surface area contributed by atoms with Crippen LogP contribution in [0.4, 0.5) is 5.69 Å². The average Bonchev–Trinajstić information content (AvgIpc) is 2.96. The molecule has 0 spiro atoms. The number of anilines is 1. The second-order valence-electron chi connectivity index (χ2n) is 4.20. The topological polar surface area (TPSA) is 88.5 Å². The number of rotatable bonds is 6. The van der Waals surface area contributed by atoms with Crippen molar-refractivity contribution in [3.05, 3.63) is 45.9 Å². The van der Waals surface area contributed by atoms with Crippen LogP contribution >= 0.6 is 11.3 Å². The van der Waals surface area contributed by atoms with Gasteiger partial charge in [0.05, 0.1) is 6.61 Å². The molecular formula is C14H14N2O4S. The summed E-state index contributed by atoms with van der Waals surface area (Å²) in [7, 11) is 1.62. The van der Waals surface area contributed by atoms with E-state index in [1.165, 1.54) is 5.38 Å². The first kappa shape index (κ1) is 15.1. The lowest BCUT2D eigenvalue weighted by Gasteiger charge is -2.09. The van der Waals surface area contributed by atoms with Gasteiger partial charge in [0.25, 0.3) is 5.91 Å². The highest BCUT2D eigenvalue weighted by molar-refractivity contribution is 7.12. The molecule has 0 saturated heterocycles. The quantitative estimate of drug-likeness (QED) is 0.854. The Morgan fingerprint density at radius 3 is 2.81 bits per heavy atom. The van der Waals surface area contributed by atoms with Crippen molar-refractivity contribution in [2.45, 2.75) is 6.42 Å². The summed E-state index contributed by atoms with van der Waals surface area (Å²) >= 11 is 1.00. The summed E-state index contributed by atoms with van der Waals surface area (Å²) in [5.41, 5.74) is 1.49. The molecule has 7 heteroatoms. The molecule has 0 bridgehead atoms. The van der Waals surface area contributed by atoms with E-state index in [2.05, 4.69) is 10.3 Å². The lowest BCUT2D eigenvalue weighted by Crippen LogP contribution is -2.14. The number of aromatic nitrogens is 1. The minimum Gasteiger partial charge on any atom is -0.476 e. The zero-order valence-electron chi connectivity index (χ0n) is 11.3. The van der Waals surface area contributed by atoms with Crippen molar-refractivity contribution in [2.24, 2.45) is 0 Å². The van der Waals surface area contributed by atoms with Gasteiger partial charge in [0.2, 0.25) is 0 Å². The van der Waals surface area contributed by atoms with Crippen LogP contribution in [0, 0.1) is 0 Å². The Bertz CT molecular complexity index is 654. The number of thiazole rings is 1. The van der Waals surface area contributed by atoms with E-state index in [0.29, 0.717) is 18.7 Å². The van der Waals surface area contributed by atoms with Crippen LogP contribution in [0.25, 0.3) is 0 Å². The molecule has 1 heterocycles. The second kappa shape index (κ2) is 6.96. The van der Waals surface area contributed by atoms with E-state index in [9.17, 15) is 9.59 Å². The van der Waals surface area contributed by atoms with Crippen molar-refractivity contribution in [3.8, 4) is 0 Å². The van der Waals surface area contributed by atoms with Crippen molar-refractivity contribution in [3.63, 3.8) is 0 Å². The van der Waals surface area contributed by atoms with E-state index in [1.807, 2.05) is 18.2 Å². The van der Waals surface area contributed by atoms with Crippen LogP contribution in [-0.2, 0) is 11.2 Å². The summed E-state index contributed by atoms with van der Waals surface area (Å²) in [5, 5.41) is 13.0. The number of benzene rings is 1. The summed E-state index contributed by atoms with van der Waals surface area (Å²) in [5.74, 6) is -1.57. The third kappa shape index (κ3) is 3.87. The van der Waals surface area contributed by atoms with E-state index in [1.54, 1.807) is 13.2 Å². The molecule has 0 radical (unpaired) electrons. The normalized spacial score (nSPS) is 10.3. The Morgan fingerprint density at radius 1 is 1.38 bits per heavy atom.